The molecule has 12 heavy (non-hydrogen) atoms. The second-order valence-electron chi connectivity index (χ2n) is 3.12. The zero-order valence-corrected chi connectivity index (χ0v) is 7.03. The van der Waals surface area contributed by atoms with E-state index < -0.39 is 6.10 Å². The van der Waals surface area contributed by atoms with Crippen molar-refractivity contribution in [2.45, 2.75) is 18.6 Å². The van der Waals surface area contributed by atoms with Crippen LogP contribution < -0.4 is 0 Å². The van der Waals surface area contributed by atoms with Gasteiger partial charge in [0.15, 0.2) is 0 Å². The summed E-state index contributed by atoms with van der Waals surface area (Å²) in [5.41, 5.74) is 2.22. The van der Waals surface area contributed by atoms with Crippen LogP contribution in [0.4, 0.5) is 0 Å². The van der Waals surface area contributed by atoms with Gasteiger partial charge in [0.05, 0.1) is 6.10 Å². The van der Waals surface area contributed by atoms with Crippen LogP contribution in [0.2, 0.25) is 0 Å². The van der Waals surface area contributed by atoms with E-state index in [1.807, 2.05) is 24.3 Å². The third-order valence-electron chi connectivity index (χ3n) is 2.45. The van der Waals surface area contributed by atoms with Crippen molar-refractivity contribution in [3.05, 3.63) is 35.4 Å². The SMILES string of the molecule is CO[C@H]1Cc2ccccc2[C@H]1O. The summed E-state index contributed by atoms with van der Waals surface area (Å²) in [6.45, 7) is 0. The monoisotopic (exact) mass is 164 g/mol. The Bertz CT molecular complexity index is 283. The van der Waals surface area contributed by atoms with E-state index in [9.17, 15) is 5.11 Å². The highest BCUT2D eigenvalue weighted by molar-refractivity contribution is 5.35. The maximum absolute atomic E-state index is 9.72. The van der Waals surface area contributed by atoms with E-state index >= 15 is 0 Å². The fourth-order valence-electron chi connectivity index (χ4n) is 1.75. The molecule has 1 aliphatic rings. The molecule has 0 amide bonds. The van der Waals surface area contributed by atoms with Crippen LogP contribution in [0.1, 0.15) is 17.2 Å². The highest BCUT2D eigenvalue weighted by atomic mass is 16.5. The first-order valence-corrected chi connectivity index (χ1v) is 4.11. The predicted molar refractivity (Wildman–Crippen MR) is 45.9 cm³/mol. The highest BCUT2D eigenvalue weighted by Crippen LogP contribution is 2.32. The lowest BCUT2D eigenvalue weighted by Crippen LogP contribution is -2.15. The molecule has 0 unspecified atom stereocenters. The number of ether oxygens (including phenoxy) is 1. The van der Waals surface area contributed by atoms with Crippen molar-refractivity contribution in [1.29, 1.82) is 0 Å². The molecule has 2 atom stereocenters. The maximum Gasteiger partial charge on any atom is 0.106 e. The minimum absolute atomic E-state index is 0.0533. The Hall–Kier alpha value is -0.860. The number of aliphatic hydroxyl groups excluding tert-OH is 1. The minimum atomic E-state index is -0.439. The Balaban J connectivity index is 2.35. The normalized spacial score (nSPS) is 27.2. The van der Waals surface area contributed by atoms with Gasteiger partial charge in [-0.05, 0) is 11.1 Å². The standard InChI is InChI=1S/C10H12O2/c1-12-9-6-7-4-2-3-5-8(7)10(9)11/h2-5,9-11H,6H2,1H3/t9-,10+/m0/s1. The van der Waals surface area contributed by atoms with Crippen molar-refractivity contribution in [2.24, 2.45) is 0 Å². The molecule has 0 saturated heterocycles. The molecule has 0 spiro atoms. The van der Waals surface area contributed by atoms with E-state index in [0.29, 0.717) is 0 Å². The lowest BCUT2D eigenvalue weighted by atomic mass is 10.1. The van der Waals surface area contributed by atoms with E-state index in [0.717, 1.165) is 12.0 Å². The lowest BCUT2D eigenvalue weighted by molar-refractivity contribution is -0.000434. The molecule has 0 heterocycles. The molecular weight excluding hydrogens is 152 g/mol. The molecule has 1 N–H and O–H groups in total. The summed E-state index contributed by atoms with van der Waals surface area (Å²) in [4.78, 5) is 0. The van der Waals surface area contributed by atoms with Gasteiger partial charge >= 0.3 is 0 Å². The van der Waals surface area contributed by atoms with Gasteiger partial charge in [-0.15, -0.1) is 0 Å². The van der Waals surface area contributed by atoms with Crippen LogP contribution in [0.15, 0.2) is 24.3 Å². The molecule has 0 fully saturated rings. The van der Waals surface area contributed by atoms with E-state index in [1.165, 1.54) is 5.56 Å². The lowest BCUT2D eigenvalue weighted by Gasteiger charge is -2.11. The molecule has 2 rings (SSSR count). The molecule has 2 heteroatoms. The smallest absolute Gasteiger partial charge is 0.106 e. The molecule has 1 aromatic carbocycles. The first kappa shape index (κ1) is 7.77. The van der Waals surface area contributed by atoms with E-state index in [1.54, 1.807) is 7.11 Å². The summed E-state index contributed by atoms with van der Waals surface area (Å²) in [7, 11) is 1.64. The maximum atomic E-state index is 9.72. The molecule has 1 aliphatic carbocycles. The molecule has 0 aromatic heterocycles. The molecule has 0 bridgehead atoms. The van der Waals surface area contributed by atoms with Gasteiger partial charge in [-0.3, -0.25) is 0 Å². The third-order valence-corrected chi connectivity index (χ3v) is 2.45. The number of aliphatic hydroxyl groups is 1. The summed E-state index contributed by atoms with van der Waals surface area (Å²) < 4.78 is 5.16. The van der Waals surface area contributed by atoms with Gasteiger partial charge in [0, 0.05) is 13.5 Å². The Kier molecular flexibility index (Phi) is 1.87. The summed E-state index contributed by atoms with van der Waals surface area (Å²) in [5.74, 6) is 0. The molecule has 0 radical (unpaired) electrons. The number of benzene rings is 1. The Morgan fingerprint density at radius 1 is 1.42 bits per heavy atom. The van der Waals surface area contributed by atoms with Crippen LogP contribution in [0.25, 0.3) is 0 Å². The first-order chi connectivity index (χ1) is 5.83. The van der Waals surface area contributed by atoms with E-state index in [2.05, 4.69) is 0 Å². The fraction of sp³-hybridized carbons (Fsp3) is 0.400. The van der Waals surface area contributed by atoms with Crippen molar-refractivity contribution in [1.82, 2.24) is 0 Å². The second-order valence-corrected chi connectivity index (χ2v) is 3.12. The molecule has 0 aliphatic heterocycles. The van der Waals surface area contributed by atoms with Crippen LogP contribution >= 0.6 is 0 Å². The van der Waals surface area contributed by atoms with E-state index in [4.69, 9.17) is 4.74 Å². The van der Waals surface area contributed by atoms with Gasteiger partial charge < -0.3 is 9.84 Å². The molecule has 0 saturated carbocycles. The summed E-state index contributed by atoms with van der Waals surface area (Å²) in [6, 6.07) is 7.93. The van der Waals surface area contributed by atoms with Crippen LogP contribution in [0.3, 0.4) is 0 Å². The number of rotatable bonds is 1. The van der Waals surface area contributed by atoms with Crippen molar-refractivity contribution < 1.29 is 9.84 Å². The number of hydrogen-bond acceptors (Lipinski definition) is 2. The fourth-order valence-corrected chi connectivity index (χ4v) is 1.75. The summed E-state index contributed by atoms with van der Waals surface area (Å²) in [6.07, 6.45) is 0.335. The van der Waals surface area contributed by atoms with Gasteiger partial charge in [-0.25, -0.2) is 0 Å². The van der Waals surface area contributed by atoms with Crippen molar-refractivity contribution >= 4 is 0 Å². The molecular formula is C10H12O2. The van der Waals surface area contributed by atoms with Gasteiger partial charge in [0.1, 0.15) is 6.10 Å². The van der Waals surface area contributed by atoms with Gasteiger partial charge in [-0.1, -0.05) is 24.3 Å². The van der Waals surface area contributed by atoms with Crippen LogP contribution in [-0.2, 0) is 11.2 Å². The van der Waals surface area contributed by atoms with Gasteiger partial charge in [0.2, 0.25) is 0 Å². The van der Waals surface area contributed by atoms with Gasteiger partial charge in [0.25, 0.3) is 0 Å². The largest absolute Gasteiger partial charge is 0.386 e. The predicted octanol–water partition coefficient (Wildman–Crippen LogP) is 1.29. The average Bonchev–Trinajstić information content (AvgIpc) is 2.44. The van der Waals surface area contributed by atoms with Crippen molar-refractivity contribution in [3.8, 4) is 0 Å². The second kappa shape index (κ2) is 2.88. The zero-order valence-electron chi connectivity index (χ0n) is 7.03. The third kappa shape index (κ3) is 1.04. The number of hydrogen-bond donors (Lipinski definition) is 1. The Morgan fingerprint density at radius 2 is 2.17 bits per heavy atom. The summed E-state index contributed by atoms with van der Waals surface area (Å²) >= 11 is 0. The molecule has 64 valence electrons. The van der Waals surface area contributed by atoms with Crippen LogP contribution in [0, 0.1) is 0 Å². The van der Waals surface area contributed by atoms with Crippen molar-refractivity contribution in [2.75, 3.05) is 7.11 Å². The average molecular weight is 164 g/mol. The minimum Gasteiger partial charge on any atom is -0.386 e. The Morgan fingerprint density at radius 3 is 2.83 bits per heavy atom. The van der Waals surface area contributed by atoms with E-state index in [-0.39, 0.29) is 6.10 Å². The van der Waals surface area contributed by atoms with Crippen LogP contribution in [-0.4, -0.2) is 18.3 Å². The van der Waals surface area contributed by atoms with Crippen molar-refractivity contribution in [3.63, 3.8) is 0 Å². The van der Waals surface area contributed by atoms with Crippen LogP contribution in [0.5, 0.6) is 0 Å². The number of methoxy groups -OCH3 is 1. The Labute approximate surface area is 71.8 Å². The quantitative estimate of drug-likeness (QED) is 0.677. The summed E-state index contributed by atoms with van der Waals surface area (Å²) in [5, 5.41) is 9.72. The molecule has 2 nitrogen and oxygen atoms in total. The van der Waals surface area contributed by atoms with Gasteiger partial charge in [-0.2, -0.15) is 0 Å². The topological polar surface area (TPSA) is 29.5 Å². The zero-order chi connectivity index (χ0) is 8.55. The highest BCUT2D eigenvalue weighted by Gasteiger charge is 2.29. The number of fused-ring (bicyclic) bond motifs is 1. The molecule has 1 aromatic rings. The first-order valence-electron chi connectivity index (χ1n) is 4.11.